The molecule has 9 heteroatoms. The first-order valence-corrected chi connectivity index (χ1v) is 6.90. The number of halogens is 1. The average Bonchev–Trinajstić information content (AvgIpc) is 2.74. The van der Waals surface area contributed by atoms with Crippen molar-refractivity contribution in [2.24, 2.45) is 0 Å². The topological polar surface area (TPSA) is 112 Å². The van der Waals surface area contributed by atoms with Gasteiger partial charge in [0, 0.05) is 0 Å². The Bertz CT molecular complexity index is 762. The van der Waals surface area contributed by atoms with Gasteiger partial charge in [-0.25, -0.2) is 13.1 Å². The molecule has 0 aliphatic rings. The Hall–Kier alpha value is -2.11. The van der Waals surface area contributed by atoms with E-state index in [1.54, 1.807) is 6.92 Å². The minimum atomic E-state index is -3.94. The molecule has 1 heterocycles. The van der Waals surface area contributed by atoms with Gasteiger partial charge in [0.2, 0.25) is 0 Å². The van der Waals surface area contributed by atoms with E-state index in [9.17, 15) is 8.42 Å². The van der Waals surface area contributed by atoms with Crippen LogP contribution in [0, 0.1) is 18.3 Å². The van der Waals surface area contributed by atoms with Gasteiger partial charge in [0.05, 0.1) is 16.7 Å². The van der Waals surface area contributed by atoms with E-state index in [0.717, 1.165) is 0 Å². The van der Waals surface area contributed by atoms with Gasteiger partial charge in [0.1, 0.15) is 10.7 Å². The molecular formula is C10H8ClN5O2S. The molecule has 7 nitrogen and oxygen atoms in total. The van der Waals surface area contributed by atoms with Crippen LogP contribution in [0.5, 0.6) is 0 Å². The summed E-state index contributed by atoms with van der Waals surface area (Å²) < 4.78 is 26.4. The summed E-state index contributed by atoms with van der Waals surface area (Å²) in [4.78, 5) is 3.63. The summed E-state index contributed by atoms with van der Waals surface area (Å²) in [5, 5.41) is 15.0. The zero-order chi connectivity index (χ0) is 14.0. The van der Waals surface area contributed by atoms with E-state index in [1.807, 2.05) is 6.07 Å². The van der Waals surface area contributed by atoms with Gasteiger partial charge in [-0.1, -0.05) is 11.6 Å². The number of aryl methyl sites for hydroxylation is 1. The number of aromatic amines is 1. The van der Waals surface area contributed by atoms with Crippen LogP contribution in [0.15, 0.2) is 23.1 Å². The minimum absolute atomic E-state index is 0.0127. The molecular weight excluding hydrogens is 290 g/mol. The number of aromatic nitrogens is 3. The number of rotatable bonds is 3. The fraction of sp³-hybridized carbons (Fsp3) is 0.100. The van der Waals surface area contributed by atoms with Crippen molar-refractivity contribution in [2.45, 2.75) is 11.8 Å². The fourth-order valence-corrected chi connectivity index (χ4v) is 2.81. The Morgan fingerprint density at radius 3 is 2.79 bits per heavy atom. The highest BCUT2D eigenvalue weighted by atomic mass is 35.5. The van der Waals surface area contributed by atoms with E-state index < -0.39 is 10.0 Å². The summed E-state index contributed by atoms with van der Waals surface area (Å²) in [7, 11) is -3.94. The van der Waals surface area contributed by atoms with Crippen LogP contribution in [-0.2, 0) is 10.0 Å². The predicted octanol–water partition coefficient (Wildman–Crippen LogP) is 1.44. The molecule has 1 aromatic heterocycles. The molecule has 2 N–H and O–H groups in total. The van der Waals surface area contributed by atoms with E-state index >= 15 is 0 Å². The molecule has 0 spiro atoms. The number of sulfonamides is 1. The van der Waals surface area contributed by atoms with Crippen LogP contribution in [-0.4, -0.2) is 23.6 Å². The first-order chi connectivity index (χ1) is 8.92. The van der Waals surface area contributed by atoms with Gasteiger partial charge < -0.3 is 0 Å². The molecule has 0 saturated heterocycles. The first-order valence-electron chi connectivity index (χ1n) is 5.04. The molecule has 0 atom stereocenters. The fourth-order valence-electron chi connectivity index (χ4n) is 1.34. The Morgan fingerprint density at radius 2 is 2.21 bits per heavy atom. The van der Waals surface area contributed by atoms with Crippen molar-refractivity contribution in [3.63, 3.8) is 0 Å². The van der Waals surface area contributed by atoms with E-state index in [0.29, 0.717) is 5.82 Å². The number of anilines is 1. The van der Waals surface area contributed by atoms with Gasteiger partial charge in [-0.2, -0.15) is 10.2 Å². The van der Waals surface area contributed by atoms with E-state index in [2.05, 4.69) is 19.9 Å². The number of nitriles is 1. The second kappa shape index (κ2) is 4.87. The quantitative estimate of drug-likeness (QED) is 0.890. The van der Waals surface area contributed by atoms with Crippen LogP contribution in [0.2, 0.25) is 5.02 Å². The molecule has 0 radical (unpaired) electrons. The van der Waals surface area contributed by atoms with Crippen LogP contribution in [0.3, 0.4) is 0 Å². The number of nitrogens with zero attached hydrogens (tertiary/aromatic N) is 3. The highest BCUT2D eigenvalue weighted by Gasteiger charge is 2.20. The number of benzene rings is 1. The van der Waals surface area contributed by atoms with Crippen molar-refractivity contribution in [1.82, 2.24) is 15.2 Å². The van der Waals surface area contributed by atoms with E-state index in [4.69, 9.17) is 16.9 Å². The van der Waals surface area contributed by atoms with Crippen LogP contribution in [0.25, 0.3) is 0 Å². The summed E-state index contributed by atoms with van der Waals surface area (Å²) in [5.74, 6) is 0.380. The Morgan fingerprint density at radius 1 is 1.47 bits per heavy atom. The van der Waals surface area contributed by atoms with Crippen molar-refractivity contribution in [2.75, 3.05) is 4.72 Å². The van der Waals surface area contributed by atoms with Crippen molar-refractivity contribution in [1.29, 1.82) is 5.26 Å². The van der Waals surface area contributed by atoms with Crippen molar-refractivity contribution in [3.8, 4) is 6.07 Å². The standard InChI is InChI=1S/C10H8ClN5O2S/c1-6-13-10(15-14-6)16-19(17,18)9-4-7(5-12)2-3-8(9)11/h2-4H,1H3,(H2,13,14,15,16). The Labute approximate surface area is 114 Å². The molecule has 0 fully saturated rings. The second-order valence-corrected chi connectivity index (χ2v) is 5.66. The molecule has 98 valence electrons. The highest BCUT2D eigenvalue weighted by molar-refractivity contribution is 7.92. The first kappa shape index (κ1) is 13.3. The van der Waals surface area contributed by atoms with Crippen molar-refractivity contribution < 1.29 is 8.42 Å². The zero-order valence-corrected chi connectivity index (χ0v) is 11.2. The van der Waals surface area contributed by atoms with Gasteiger partial charge >= 0.3 is 0 Å². The van der Waals surface area contributed by atoms with E-state index in [-0.39, 0.29) is 21.4 Å². The van der Waals surface area contributed by atoms with Crippen molar-refractivity contribution >= 4 is 27.6 Å². The molecule has 0 unspecified atom stereocenters. The second-order valence-electron chi connectivity index (χ2n) is 3.61. The Balaban J connectivity index is 2.42. The third-order valence-corrected chi connectivity index (χ3v) is 3.98. The van der Waals surface area contributed by atoms with Crippen LogP contribution < -0.4 is 4.72 Å². The van der Waals surface area contributed by atoms with Crippen LogP contribution in [0.4, 0.5) is 5.95 Å². The molecule has 0 aliphatic carbocycles. The largest absolute Gasteiger partial charge is 0.265 e. The number of hydrogen-bond acceptors (Lipinski definition) is 5. The van der Waals surface area contributed by atoms with Gasteiger partial charge in [-0.15, -0.1) is 5.10 Å². The summed E-state index contributed by atoms with van der Waals surface area (Å²) in [6, 6.07) is 5.81. The number of hydrogen-bond donors (Lipinski definition) is 2. The summed E-state index contributed by atoms with van der Waals surface area (Å²) in [6.07, 6.45) is 0. The SMILES string of the molecule is Cc1nc(NS(=O)(=O)c2cc(C#N)ccc2Cl)n[nH]1. The maximum atomic E-state index is 12.1. The minimum Gasteiger partial charge on any atom is -0.261 e. The van der Waals surface area contributed by atoms with Gasteiger partial charge in [-0.05, 0) is 25.1 Å². The maximum absolute atomic E-state index is 12.1. The molecule has 2 rings (SSSR count). The summed E-state index contributed by atoms with van der Waals surface area (Å²) >= 11 is 5.83. The number of nitrogens with one attached hydrogen (secondary N) is 2. The summed E-state index contributed by atoms with van der Waals surface area (Å²) in [5.41, 5.74) is 0.191. The molecule has 0 saturated carbocycles. The Kier molecular flexibility index (Phi) is 3.42. The maximum Gasteiger partial charge on any atom is 0.265 e. The third kappa shape index (κ3) is 2.83. The molecule has 19 heavy (non-hydrogen) atoms. The van der Waals surface area contributed by atoms with Gasteiger partial charge in [0.25, 0.3) is 16.0 Å². The van der Waals surface area contributed by atoms with Crippen LogP contribution >= 0.6 is 11.6 Å². The molecule has 1 aromatic carbocycles. The predicted molar refractivity (Wildman–Crippen MR) is 68.1 cm³/mol. The zero-order valence-electron chi connectivity index (χ0n) is 9.68. The number of H-pyrrole nitrogens is 1. The van der Waals surface area contributed by atoms with Crippen molar-refractivity contribution in [3.05, 3.63) is 34.6 Å². The summed E-state index contributed by atoms with van der Waals surface area (Å²) in [6.45, 7) is 1.63. The van der Waals surface area contributed by atoms with Gasteiger partial charge in [-0.3, -0.25) is 5.10 Å². The lowest BCUT2D eigenvalue weighted by Crippen LogP contribution is -2.14. The average molecular weight is 298 g/mol. The smallest absolute Gasteiger partial charge is 0.261 e. The lowest BCUT2D eigenvalue weighted by molar-refractivity contribution is 0.601. The molecule has 2 aromatic rings. The third-order valence-electron chi connectivity index (χ3n) is 2.17. The normalized spacial score (nSPS) is 11.0. The lowest BCUT2D eigenvalue weighted by atomic mass is 10.2. The molecule has 0 bridgehead atoms. The molecule has 0 amide bonds. The van der Waals surface area contributed by atoms with Gasteiger partial charge in [0.15, 0.2) is 0 Å². The van der Waals surface area contributed by atoms with E-state index in [1.165, 1.54) is 18.2 Å². The van der Waals surface area contributed by atoms with Crippen LogP contribution in [0.1, 0.15) is 11.4 Å². The lowest BCUT2D eigenvalue weighted by Gasteiger charge is -2.06. The monoisotopic (exact) mass is 297 g/mol. The molecule has 0 aliphatic heterocycles. The highest BCUT2D eigenvalue weighted by Crippen LogP contribution is 2.23.